The highest BCUT2D eigenvalue weighted by Crippen LogP contribution is 2.38. The number of benzene rings is 9. The fourth-order valence-corrected chi connectivity index (χ4v) is 7.00. The van der Waals surface area contributed by atoms with Gasteiger partial charge in [0.15, 0.2) is 0 Å². The van der Waals surface area contributed by atoms with Crippen LogP contribution in [0.15, 0.2) is 182 Å². The van der Waals surface area contributed by atoms with Crippen molar-refractivity contribution >= 4 is 43.1 Å². The van der Waals surface area contributed by atoms with Crippen molar-refractivity contribution in [1.82, 2.24) is 0 Å². The van der Waals surface area contributed by atoms with Crippen molar-refractivity contribution in [3.05, 3.63) is 182 Å². The lowest BCUT2D eigenvalue weighted by Crippen LogP contribution is -1.87. The molecule has 0 aliphatic heterocycles. The number of hydrogen-bond acceptors (Lipinski definition) is 0. The first-order chi connectivity index (χ1) is 22.8. The van der Waals surface area contributed by atoms with Gasteiger partial charge in [0.25, 0.3) is 0 Å². The molecule has 9 aromatic carbocycles. The third-order valence-electron chi connectivity index (χ3n) is 9.41. The number of fused-ring (bicyclic) bond motifs is 4. The Hall–Kier alpha value is -5.98. The maximum atomic E-state index is 2.34. The van der Waals surface area contributed by atoms with Crippen LogP contribution in [0, 0.1) is 0 Å². The summed E-state index contributed by atoms with van der Waals surface area (Å²) in [4.78, 5) is 0. The minimum Gasteiger partial charge on any atom is -0.0616 e. The smallest absolute Gasteiger partial charge is 0.00992 e. The van der Waals surface area contributed by atoms with Crippen LogP contribution in [0.2, 0.25) is 0 Å². The van der Waals surface area contributed by atoms with Gasteiger partial charge in [-0.1, -0.05) is 152 Å². The van der Waals surface area contributed by atoms with Crippen LogP contribution < -0.4 is 0 Å². The van der Waals surface area contributed by atoms with E-state index >= 15 is 0 Å². The molecule has 0 unspecified atom stereocenters. The van der Waals surface area contributed by atoms with Gasteiger partial charge in [-0.2, -0.15) is 0 Å². The summed E-state index contributed by atoms with van der Waals surface area (Å²) in [6.45, 7) is 0. The molecule has 0 saturated carbocycles. The maximum absolute atomic E-state index is 2.34. The molecule has 0 spiro atoms. The van der Waals surface area contributed by atoms with Gasteiger partial charge in [0, 0.05) is 0 Å². The lowest BCUT2D eigenvalue weighted by atomic mass is 9.90. The van der Waals surface area contributed by atoms with Crippen LogP contribution in [0.3, 0.4) is 0 Å². The summed E-state index contributed by atoms with van der Waals surface area (Å²) >= 11 is 0. The predicted molar refractivity (Wildman–Crippen MR) is 198 cm³/mol. The third kappa shape index (κ3) is 4.64. The van der Waals surface area contributed by atoms with Crippen LogP contribution >= 0.6 is 0 Å². The van der Waals surface area contributed by atoms with Crippen molar-refractivity contribution in [2.45, 2.75) is 0 Å². The predicted octanol–water partition coefficient (Wildman–Crippen LogP) is 13.0. The minimum absolute atomic E-state index is 1.23. The Kier molecular flexibility index (Phi) is 6.25. The van der Waals surface area contributed by atoms with Crippen LogP contribution in [0.25, 0.3) is 87.6 Å². The topological polar surface area (TPSA) is 0 Å². The zero-order valence-electron chi connectivity index (χ0n) is 25.3. The van der Waals surface area contributed by atoms with Crippen molar-refractivity contribution in [1.29, 1.82) is 0 Å². The van der Waals surface area contributed by atoms with E-state index in [0.29, 0.717) is 0 Å². The lowest BCUT2D eigenvalue weighted by Gasteiger charge is -2.14. The molecule has 0 aliphatic carbocycles. The average Bonchev–Trinajstić information content (AvgIpc) is 3.13. The second-order valence-electron chi connectivity index (χ2n) is 12.2. The molecule has 0 N–H and O–H groups in total. The first kappa shape index (κ1) is 26.4. The van der Waals surface area contributed by atoms with E-state index in [1.807, 2.05) is 0 Å². The van der Waals surface area contributed by atoms with E-state index in [0.717, 1.165) is 0 Å². The molecule has 0 aromatic heterocycles. The third-order valence-corrected chi connectivity index (χ3v) is 9.41. The number of rotatable bonds is 4. The van der Waals surface area contributed by atoms with Crippen molar-refractivity contribution in [2.24, 2.45) is 0 Å². The fourth-order valence-electron chi connectivity index (χ4n) is 7.00. The van der Waals surface area contributed by atoms with Gasteiger partial charge in [0.2, 0.25) is 0 Å². The normalized spacial score (nSPS) is 11.5. The first-order valence-corrected chi connectivity index (χ1v) is 15.9. The molecule has 9 aromatic rings. The van der Waals surface area contributed by atoms with Crippen LogP contribution in [-0.2, 0) is 0 Å². The molecule has 0 bridgehead atoms. The molecule has 0 nitrogen and oxygen atoms in total. The Morgan fingerprint density at radius 3 is 1.04 bits per heavy atom. The van der Waals surface area contributed by atoms with Crippen LogP contribution in [0.4, 0.5) is 0 Å². The van der Waals surface area contributed by atoms with Crippen molar-refractivity contribution in [3.63, 3.8) is 0 Å². The summed E-state index contributed by atoms with van der Waals surface area (Å²) in [6.07, 6.45) is 0. The van der Waals surface area contributed by atoms with E-state index in [-0.39, 0.29) is 0 Å². The van der Waals surface area contributed by atoms with Gasteiger partial charge < -0.3 is 0 Å². The van der Waals surface area contributed by atoms with Gasteiger partial charge in [-0.05, 0) is 118 Å². The summed E-state index contributed by atoms with van der Waals surface area (Å²) < 4.78 is 0. The summed E-state index contributed by atoms with van der Waals surface area (Å²) in [5, 5.41) is 10.1. The Bertz CT molecular complexity index is 2590. The highest BCUT2D eigenvalue weighted by Gasteiger charge is 2.11. The molecule has 0 fully saturated rings. The summed E-state index contributed by atoms with van der Waals surface area (Å²) in [5.41, 5.74) is 9.94. The Morgan fingerprint density at radius 1 is 0.196 bits per heavy atom. The molecule has 0 aliphatic rings. The van der Waals surface area contributed by atoms with E-state index in [2.05, 4.69) is 182 Å². The van der Waals surface area contributed by atoms with Crippen LogP contribution in [0.5, 0.6) is 0 Å². The van der Waals surface area contributed by atoms with E-state index in [4.69, 9.17) is 0 Å². The van der Waals surface area contributed by atoms with E-state index in [9.17, 15) is 0 Å². The van der Waals surface area contributed by atoms with Gasteiger partial charge in [-0.15, -0.1) is 0 Å². The quantitative estimate of drug-likeness (QED) is 0.194. The molecule has 0 radical (unpaired) electrons. The molecular weight excluding hydrogens is 553 g/mol. The summed E-state index contributed by atoms with van der Waals surface area (Å²) in [5.74, 6) is 0. The highest BCUT2D eigenvalue weighted by atomic mass is 14.2. The van der Waals surface area contributed by atoms with Crippen molar-refractivity contribution in [2.75, 3.05) is 0 Å². The molecule has 0 heteroatoms. The molecular formula is C46H30. The van der Waals surface area contributed by atoms with Crippen molar-refractivity contribution < 1.29 is 0 Å². The van der Waals surface area contributed by atoms with Gasteiger partial charge in [0.05, 0.1) is 0 Å². The fraction of sp³-hybridized carbons (Fsp3) is 0. The molecule has 46 heavy (non-hydrogen) atoms. The Morgan fingerprint density at radius 2 is 0.543 bits per heavy atom. The number of hydrogen-bond donors (Lipinski definition) is 0. The molecule has 214 valence electrons. The summed E-state index contributed by atoms with van der Waals surface area (Å²) in [7, 11) is 0. The molecule has 0 saturated heterocycles. The minimum atomic E-state index is 1.23. The largest absolute Gasteiger partial charge is 0.0616 e. The average molecular weight is 583 g/mol. The molecule has 0 atom stereocenters. The van der Waals surface area contributed by atoms with E-state index < -0.39 is 0 Å². The maximum Gasteiger partial charge on any atom is -0.00992 e. The second-order valence-corrected chi connectivity index (χ2v) is 12.2. The van der Waals surface area contributed by atoms with E-state index in [1.165, 1.54) is 87.6 Å². The first-order valence-electron chi connectivity index (χ1n) is 15.9. The Balaban J connectivity index is 1.08. The molecule has 0 heterocycles. The molecule has 9 rings (SSSR count). The van der Waals surface area contributed by atoms with E-state index in [1.54, 1.807) is 0 Å². The lowest BCUT2D eigenvalue weighted by molar-refractivity contribution is 1.61. The van der Waals surface area contributed by atoms with Crippen LogP contribution in [0.1, 0.15) is 0 Å². The van der Waals surface area contributed by atoms with Gasteiger partial charge >= 0.3 is 0 Å². The zero-order valence-corrected chi connectivity index (χ0v) is 25.3. The van der Waals surface area contributed by atoms with Gasteiger partial charge in [-0.25, -0.2) is 0 Å². The monoisotopic (exact) mass is 582 g/mol. The standard InChI is InChI=1S/C46H30/c1-3-10-33-26-37(18-16-31(33)8-1)35-12-7-13-36(27-35)38-19-20-40-30-42(23-21-39(40)28-38)44-25-24-43(45-14-5-6-15-46(44)45)41-22-17-32-9-2-4-11-34(32)29-41/h1-30H. The van der Waals surface area contributed by atoms with Crippen molar-refractivity contribution in [3.8, 4) is 44.5 Å². The van der Waals surface area contributed by atoms with Gasteiger partial charge in [-0.3, -0.25) is 0 Å². The summed E-state index contributed by atoms with van der Waals surface area (Å²) in [6, 6.07) is 66.6. The van der Waals surface area contributed by atoms with Crippen LogP contribution in [-0.4, -0.2) is 0 Å². The second kappa shape index (κ2) is 10.9. The molecule has 0 amide bonds. The Labute approximate surface area is 268 Å². The zero-order chi connectivity index (χ0) is 30.5. The van der Waals surface area contributed by atoms with Gasteiger partial charge in [0.1, 0.15) is 0 Å². The highest BCUT2D eigenvalue weighted by molar-refractivity contribution is 6.07. The SMILES string of the molecule is c1cc(-c2ccc3ccccc3c2)cc(-c2ccc3cc(-c4ccc(-c5ccc6ccccc6c5)c5ccccc45)ccc3c2)c1.